The fourth-order valence-corrected chi connectivity index (χ4v) is 1.46. The van der Waals surface area contributed by atoms with Crippen LogP contribution in [0.5, 0.6) is 0 Å². The summed E-state index contributed by atoms with van der Waals surface area (Å²) in [6.45, 7) is 13.1. The molecule has 0 amide bonds. The van der Waals surface area contributed by atoms with Crippen molar-refractivity contribution in [3.05, 3.63) is 12.7 Å². The third-order valence-corrected chi connectivity index (χ3v) is 2.44. The van der Waals surface area contributed by atoms with Crippen LogP contribution in [0.3, 0.4) is 0 Å². The maximum Gasteiger partial charge on any atom is 0.0645 e. The summed E-state index contributed by atoms with van der Waals surface area (Å²) in [5, 5.41) is 0. The monoisotopic (exact) mass is 213 g/mol. The zero-order chi connectivity index (χ0) is 11.4. The normalized spacial score (nSPS) is 10.9. The summed E-state index contributed by atoms with van der Waals surface area (Å²) in [5.74, 6) is 0. The summed E-state index contributed by atoms with van der Waals surface area (Å²) < 4.78 is 5.41. The highest BCUT2D eigenvalue weighted by Gasteiger charge is 2.02. The van der Waals surface area contributed by atoms with Crippen LogP contribution >= 0.6 is 0 Å². The summed E-state index contributed by atoms with van der Waals surface area (Å²) in [7, 11) is 0. The Kier molecular flexibility index (Phi) is 11.5. The van der Waals surface area contributed by atoms with Crippen molar-refractivity contribution in [3.63, 3.8) is 0 Å². The van der Waals surface area contributed by atoms with E-state index >= 15 is 0 Å². The summed E-state index contributed by atoms with van der Waals surface area (Å²) >= 11 is 0. The van der Waals surface area contributed by atoms with Crippen molar-refractivity contribution in [3.8, 4) is 0 Å². The molecule has 90 valence electrons. The highest BCUT2D eigenvalue weighted by Crippen LogP contribution is 1.98. The molecule has 0 aromatic heterocycles. The molecule has 0 bridgehead atoms. The van der Waals surface area contributed by atoms with E-state index in [4.69, 9.17) is 4.74 Å². The van der Waals surface area contributed by atoms with Crippen LogP contribution < -0.4 is 0 Å². The largest absolute Gasteiger partial charge is 0.376 e. The number of hydrogen-bond donors (Lipinski definition) is 0. The first-order chi connectivity index (χ1) is 7.35. The fourth-order valence-electron chi connectivity index (χ4n) is 1.46. The molecular weight excluding hydrogens is 186 g/mol. The van der Waals surface area contributed by atoms with Gasteiger partial charge in [-0.05, 0) is 25.9 Å². The van der Waals surface area contributed by atoms with Gasteiger partial charge < -0.3 is 9.64 Å². The second-order valence-electron chi connectivity index (χ2n) is 3.91. The molecule has 0 saturated heterocycles. The molecule has 0 aromatic carbocycles. The van der Waals surface area contributed by atoms with E-state index < -0.39 is 0 Å². The van der Waals surface area contributed by atoms with Gasteiger partial charge in [0.2, 0.25) is 0 Å². The molecule has 0 radical (unpaired) electrons. The summed E-state index contributed by atoms with van der Waals surface area (Å²) in [4.78, 5) is 2.51. The SMILES string of the molecule is C=CCOCCN(CCCC)CCCC. The summed E-state index contributed by atoms with van der Waals surface area (Å²) in [6.07, 6.45) is 6.95. The van der Waals surface area contributed by atoms with E-state index in [1.54, 1.807) is 0 Å². The first kappa shape index (κ1) is 14.7. The molecule has 0 rings (SSSR count). The molecule has 0 saturated carbocycles. The van der Waals surface area contributed by atoms with Gasteiger partial charge in [-0.2, -0.15) is 0 Å². The average Bonchev–Trinajstić information content (AvgIpc) is 2.27. The molecule has 0 atom stereocenters. The molecule has 0 aromatic rings. The minimum absolute atomic E-state index is 0.676. The number of ether oxygens (including phenoxy) is 1. The van der Waals surface area contributed by atoms with E-state index in [9.17, 15) is 0 Å². The fraction of sp³-hybridized carbons (Fsp3) is 0.846. The van der Waals surface area contributed by atoms with Crippen LogP contribution in [0.4, 0.5) is 0 Å². The predicted molar refractivity (Wildman–Crippen MR) is 67.3 cm³/mol. The van der Waals surface area contributed by atoms with Crippen LogP contribution in [-0.4, -0.2) is 37.7 Å². The Hall–Kier alpha value is -0.340. The van der Waals surface area contributed by atoms with Crippen molar-refractivity contribution in [1.82, 2.24) is 4.90 Å². The lowest BCUT2D eigenvalue weighted by Gasteiger charge is -2.21. The van der Waals surface area contributed by atoms with Gasteiger partial charge in [0, 0.05) is 6.54 Å². The van der Waals surface area contributed by atoms with E-state index in [0.717, 1.165) is 13.2 Å². The van der Waals surface area contributed by atoms with Gasteiger partial charge in [0.25, 0.3) is 0 Å². The van der Waals surface area contributed by atoms with Gasteiger partial charge in [-0.15, -0.1) is 6.58 Å². The third kappa shape index (κ3) is 9.95. The lowest BCUT2D eigenvalue weighted by molar-refractivity contribution is 0.122. The Morgan fingerprint density at radius 3 is 2.13 bits per heavy atom. The molecule has 0 spiro atoms. The third-order valence-electron chi connectivity index (χ3n) is 2.44. The van der Waals surface area contributed by atoms with Crippen LogP contribution in [0.1, 0.15) is 39.5 Å². The highest BCUT2D eigenvalue weighted by molar-refractivity contribution is 4.64. The van der Waals surface area contributed by atoms with Crippen LogP contribution in [0.25, 0.3) is 0 Å². The standard InChI is InChI=1S/C13H27NO/c1-4-7-9-14(10-8-5-2)11-13-15-12-6-3/h6H,3-5,7-13H2,1-2H3. The van der Waals surface area contributed by atoms with Crippen molar-refractivity contribution >= 4 is 0 Å². The zero-order valence-electron chi connectivity index (χ0n) is 10.5. The van der Waals surface area contributed by atoms with Crippen molar-refractivity contribution < 1.29 is 4.74 Å². The average molecular weight is 213 g/mol. The van der Waals surface area contributed by atoms with Gasteiger partial charge in [-0.1, -0.05) is 32.8 Å². The Balaban J connectivity index is 3.53. The molecule has 0 heterocycles. The van der Waals surface area contributed by atoms with Gasteiger partial charge in [-0.25, -0.2) is 0 Å². The molecular formula is C13H27NO. The second-order valence-corrected chi connectivity index (χ2v) is 3.91. The number of nitrogens with zero attached hydrogens (tertiary/aromatic N) is 1. The van der Waals surface area contributed by atoms with Gasteiger partial charge in [0.05, 0.1) is 13.2 Å². The smallest absolute Gasteiger partial charge is 0.0645 e. The lowest BCUT2D eigenvalue weighted by Crippen LogP contribution is -2.29. The molecule has 2 heteroatoms. The van der Waals surface area contributed by atoms with Crippen LogP contribution in [-0.2, 0) is 4.74 Å². The predicted octanol–water partition coefficient (Wildman–Crippen LogP) is 3.09. The Labute approximate surface area is 95.3 Å². The summed E-state index contributed by atoms with van der Waals surface area (Å²) in [6, 6.07) is 0. The molecule has 15 heavy (non-hydrogen) atoms. The molecule has 0 N–H and O–H groups in total. The lowest BCUT2D eigenvalue weighted by atomic mass is 10.2. The molecule has 2 nitrogen and oxygen atoms in total. The van der Waals surface area contributed by atoms with Gasteiger partial charge in [0.15, 0.2) is 0 Å². The van der Waals surface area contributed by atoms with Crippen molar-refractivity contribution in [2.75, 3.05) is 32.8 Å². The van der Waals surface area contributed by atoms with Crippen LogP contribution in [0.2, 0.25) is 0 Å². The van der Waals surface area contributed by atoms with E-state index in [2.05, 4.69) is 25.3 Å². The minimum atomic E-state index is 0.676. The molecule has 0 aliphatic carbocycles. The zero-order valence-corrected chi connectivity index (χ0v) is 10.5. The van der Waals surface area contributed by atoms with Crippen LogP contribution in [0.15, 0.2) is 12.7 Å². The Morgan fingerprint density at radius 2 is 1.67 bits per heavy atom. The van der Waals surface area contributed by atoms with Crippen LogP contribution in [0, 0.1) is 0 Å². The molecule has 0 aliphatic heterocycles. The number of unbranched alkanes of at least 4 members (excludes halogenated alkanes) is 2. The van der Waals surface area contributed by atoms with Crippen molar-refractivity contribution in [1.29, 1.82) is 0 Å². The summed E-state index contributed by atoms with van der Waals surface area (Å²) in [5.41, 5.74) is 0. The van der Waals surface area contributed by atoms with E-state index in [1.165, 1.54) is 38.8 Å². The Morgan fingerprint density at radius 1 is 1.07 bits per heavy atom. The maximum absolute atomic E-state index is 5.41. The highest BCUT2D eigenvalue weighted by atomic mass is 16.5. The number of hydrogen-bond acceptors (Lipinski definition) is 2. The van der Waals surface area contributed by atoms with Gasteiger partial charge in [-0.3, -0.25) is 0 Å². The first-order valence-corrected chi connectivity index (χ1v) is 6.26. The molecule has 0 aliphatic rings. The van der Waals surface area contributed by atoms with Crippen molar-refractivity contribution in [2.24, 2.45) is 0 Å². The number of rotatable bonds is 11. The van der Waals surface area contributed by atoms with E-state index in [1.807, 2.05) is 6.08 Å². The Bertz CT molecular complexity index is 128. The maximum atomic E-state index is 5.41. The van der Waals surface area contributed by atoms with Crippen molar-refractivity contribution in [2.45, 2.75) is 39.5 Å². The van der Waals surface area contributed by atoms with Gasteiger partial charge in [0.1, 0.15) is 0 Å². The van der Waals surface area contributed by atoms with E-state index in [-0.39, 0.29) is 0 Å². The topological polar surface area (TPSA) is 12.5 Å². The quantitative estimate of drug-likeness (QED) is 0.386. The van der Waals surface area contributed by atoms with Gasteiger partial charge >= 0.3 is 0 Å². The van der Waals surface area contributed by atoms with E-state index in [0.29, 0.717) is 6.61 Å². The minimum Gasteiger partial charge on any atom is -0.376 e. The molecule has 0 fully saturated rings. The molecule has 0 unspecified atom stereocenters. The second kappa shape index (κ2) is 11.7. The first-order valence-electron chi connectivity index (χ1n) is 6.26.